The maximum atomic E-state index is 12.6. The van der Waals surface area contributed by atoms with Gasteiger partial charge in [-0.3, -0.25) is 4.72 Å². The van der Waals surface area contributed by atoms with Crippen LogP contribution in [0.5, 0.6) is 5.88 Å². The van der Waals surface area contributed by atoms with Gasteiger partial charge in [0, 0.05) is 15.7 Å². The summed E-state index contributed by atoms with van der Waals surface area (Å²) in [5, 5.41) is 7.84. The summed E-state index contributed by atoms with van der Waals surface area (Å²) in [5.41, 5.74) is 6.28. The van der Waals surface area contributed by atoms with Crippen molar-refractivity contribution < 1.29 is 13.2 Å². The summed E-state index contributed by atoms with van der Waals surface area (Å²) in [4.78, 5) is 4.35. The number of hydrogen-bond donors (Lipinski definition) is 3. The molecule has 0 saturated heterocycles. The molecule has 2 aliphatic rings. The minimum atomic E-state index is -3.74. The third-order valence-corrected chi connectivity index (χ3v) is 5.72. The zero-order valence-corrected chi connectivity index (χ0v) is 16.1. The Morgan fingerprint density at radius 3 is 2.88 bits per heavy atom. The highest BCUT2D eigenvalue weighted by Gasteiger charge is 2.21. The van der Waals surface area contributed by atoms with Crippen molar-refractivity contribution in [1.29, 1.82) is 0 Å². The van der Waals surface area contributed by atoms with Gasteiger partial charge in [-0.15, -0.1) is 0 Å². The Morgan fingerprint density at radius 1 is 1.40 bits per heavy atom. The highest BCUT2D eigenvalue weighted by atomic mass is 127. The fourth-order valence-corrected chi connectivity index (χ4v) is 3.77. The average molecular weight is 474 g/mol. The summed E-state index contributed by atoms with van der Waals surface area (Å²) < 4.78 is 33.2. The van der Waals surface area contributed by atoms with Crippen LogP contribution in [0.3, 0.4) is 0 Å². The van der Waals surface area contributed by atoms with Crippen LogP contribution in [0.15, 0.2) is 45.6 Å². The quantitative estimate of drug-likeness (QED) is 0.438. The van der Waals surface area contributed by atoms with E-state index in [1.165, 1.54) is 19.5 Å². The number of hydrogen-bond acceptors (Lipinski definition) is 8. The largest absolute Gasteiger partial charge is 0.480 e. The first-order chi connectivity index (χ1) is 12.0. The van der Waals surface area contributed by atoms with Crippen LogP contribution in [0, 0.1) is 0 Å². The minimum Gasteiger partial charge on any atom is -0.480 e. The lowest BCUT2D eigenvalue weighted by molar-refractivity contribution is 0.400. The van der Waals surface area contributed by atoms with Gasteiger partial charge in [-0.05, 0) is 18.6 Å². The van der Waals surface area contributed by atoms with Crippen molar-refractivity contribution >= 4 is 50.2 Å². The Hall–Kier alpha value is -2.15. The number of pyridine rings is 1. The maximum Gasteiger partial charge on any atom is 0.261 e. The molecule has 1 atom stereocenters. The molecule has 9 nitrogen and oxygen atoms in total. The topological polar surface area (TPSA) is 117 Å². The molecular formula is C14H15IN6O3S. The molecule has 1 aromatic rings. The normalized spacial score (nSPS) is 19.4. The van der Waals surface area contributed by atoms with Crippen molar-refractivity contribution in [2.45, 2.75) is 10.3 Å². The first-order valence-electron chi connectivity index (χ1n) is 7.20. The van der Waals surface area contributed by atoms with Crippen molar-refractivity contribution in [3.63, 3.8) is 0 Å². The molecule has 3 rings (SSSR count). The van der Waals surface area contributed by atoms with E-state index in [9.17, 15) is 8.42 Å². The highest BCUT2D eigenvalue weighted by molar-refractivity contribution is 14.1. The van der Waals surface area contributed by atoms with Crippen molar-refractivity contribution in [2.75, 3.05) is 11.8 Å². The lowest BCUT2D eigenvalue weighted by Gasteiger charge is -2.15. The van der Waals surface area contributed by atoms with Crippen molar-refractivity contribution in [3.05, 3.63) is 41.0 Å². The second-order valence-electron chi connectivity index (χ2n) is 5.08. The second-order valence-corrected chi connectivity index (χ2v) is 8.36. The van der Waals surface area contributed by atoms with Gasteiger partial charge >= 0.3 is 0 Å². The van der Waals surface area contributed by atoms with E-state index in [4.69, 9.17) is 4.74 Å². The van der Waals surface area contributed by atoms with E-state index in [0.29, 0.717) is 21.6 Å². The maximum absolute atomic E-state index is 12.6. The number of ether oxygens (including phenoxy) is 1. The lowest BCUT2D eigenvalue weighted by atomic mass is 10.2. The smallest absolute Gasteiger partial charge is 0.261 e. The summed E-state index contributed by atoms with van der Waals surface area (Å²) in [6, 6.07) is 1.59. The fourth-order valence-electron chi connectivity index (χ4n) is 2.18. The van der Waals surface area contributed by atoms with Crippen molar-refractivity contribution in [1.82, 2.24) is 16.1 Å². The van der Waals surface area contributed by atoms with E-state index >= 15 is 0 Å². The average Bonchev–Trinajstić information content (AvgIpc) is 2.62. The number of hydrazine groups is 1. The minimum absolute atomic E-state index is 0.166. The number of nitrogens with one attached hydrogen (secondary N) is 3. The van der Waals surface area contributed by atoms with Gasteiger partial charge in [0.1, 0.15) is 11.4 Å². The van der Waals surface area contributed by atoms with Gasteiger partial charge in [-0.25, -0.2) is 24.5 Å². The second kappa shape index (κ2) is 7.39. The van der Waals surface area contributed by atoms with E-state index in [0.717, 1.165) is 0 Å². The van der Waals surface area contributed by atoms with Crippen molar-refractivity contribution in [2.24, 2.45) is 10.2 Å². The van der Waals surface area contributed by atoms with Gasteiger partial charge in [-0.2, -0.15) is 10.2 Å². The Kier molecular flexibility index (Phi) is 5.22. The number of hydrazone groups is 2. The molecule has 0 fully saturated rings. The molecule has 0 amide bonds. The Labute approximate surface area is 158 Å². The summed E-state index contributed by atoms with van der Waals surface area (Å²) in [7, 11) is -2.32. The predicted octanol–water partition coefficient (Wildman–Crippen LogP) is 1.28. The van der Waals surface area contributed by atoms with Crippen LogP contribution in [0.4, 0.5) is 5.69 Å². The summed E-state index contributed by atoms with van der Waals surface area (Å²) >= 11 is 2.25. The molecule has 0 spiro atoms. The molecule has 0 bridgehead atoms. The molecule has 2 heterocycles. The van der Waals surface area contributed by atoms with Crippen LogP contribution in [0.25, 0.3) is 0 Å². The van der Waals surface area contributed by atoms with Gasteiger partial charge in [-0.1, -0.05) is 34.7 Å². The number of halogens is 1. The molecule has 0 aromatic carbocycles. The van der Waals surface area contributed by atoms with E-state index in [1.54, 1.807) is 18.2 Å². The molecule has 1 aromatic heterocycles. The zero-order valence-electron chi connectivity index (χ0n) is 13.1. The first kappa shape index (κ1) is 17.7. The van der Waals surface area contributed by atoms with E-state index in [2.05, 4.69) is 53.6 Å². The van der Waals surface area contributed by atoms with Crippen molar-refractivity contribution in [3.8, 4) is 5.88 Å². The molecule has 132 valence electrons. The molecule has 11 heteroatoms. The van der Waals surface area contributed by atoms with E-state index < -0.39 is 10.0 Å². The van der Waals surface area contributed by atoms with Crippen LogP contribution in [0.2, 0.25) is 0 Å². The monoisotopic (exact) mass is 474 g/mol. The van der Waals surface area contributed by atoms with E-state index in [1.807, 2.05) is 6.08 Å². The molecular weight excluding hydrogens is 459 g/mol. The molecule has 1 aliphatic carbocycles. The third-order valence-electron chi connectivity index (χ3n) is 3.39. The number of aromatic nitrogens is 1. The summed E-state index contributed by atoms with van der Waals surface area (Å²) in [5.74, 6) is 0.166. The third kappa shape index (κ3) is 4.10. The van der Waals surface area contributed by atoms with Crippen LogP contribution in [0.1, 0.15) is 12.0 Å². The molecule has 1 aliphatic heterocycles. The molecule has 1 unspecified atom stereocenters. The Bertz CT molecular complexity index is 894. The van der Waals surface area contributed by atoms with E-state index in [-0.39, 0.29) is 16.5 Å². The van der Waals surface area contributed by atoms with Crippen LogP contribution >= 0.6 is 22.6 Å². The number of alkyl halides is 1. The number of anilines is 1. The molecule has 0 saturated carbocycles. The fraction of sp³-hybridized carbons (Fsp3) is 0.214. The lowest BCUT2D eigenvalue weighted by Crippen LogP contribution is -2.29. The number of methoxy groups -OCH3 is 1. The Balaban J connectivity index is 1.92. The van der Waals surface area contributed by atoms with Gasteiger partial charge in [0.05, 0.1) is 18.2 Å². The molecule has 3 N–H and O–H groups in total. The van der Waals surface area contributed by atoms with Crippen LogP contribution < -0.4 is 20.5 Å². The Morgan fingerprint density at radius 2 is 2.24 bits per heavy atom. The number of nitrogens with zero attached hydrogens (tertiary/aromatic N) is 3. The zero-order chi connectivity index (χ0) is 17.9. The van der Waals surface area contributed by atoms with Crippen LogP contribution in [-0.4, -0.2) is 36.4 Å². The molecule has 0 radical (unpaired) electrons. The first-order valence-corrected chi connectivity index (χ1v) is 9.93. The van der Waals surface area contributed by atoms with Gasteiger partial charge < -0.3 is 4.74 Å². The standard InChI is InChI=1S/C14H15IN6O3S/c1-24-14-12(6-9(7-16-14)13-8-17-20-21-18-13)19-25(22,23)11-4-2-10(15)3-5-11/h2,4-8,10,19-21H,3H2,1H3. The predicted molar refractivity (Wildman–Crippen MR) is 104 cm³/mol. The van der Waals surface area contributed by atoms with Gasteiger partial charge in [0.25, 0.3) is 10.0 Å². The molecule has 25 heavy (non-hydrogen) atoms. The number of rotatable bonds is 5. The number of sulfonamides is 1. The summed E-state index contributed by atoms with van der Waals surface area (Å²) in [6.07, 6.45) is 8.82. The summed E-state index contributed by atoms with van der Waals surface area (Å²) in [6.45, 7) is 0. The SMILES string of the molecule is COc1ncc(C2=NNNN=C2)cc1NS(=O)(=O)C1=CCC(I)C=C1. The van der Waals surface area contributed by atoms with Crippen LogP contribution in [-0.2, 0) is 10.0 Å². The van der Waals surface area contributed by atoms with Gasteiger partial charge in [0.2, 0.25) is 5.88 Å². The van der Waals surface area contributed by atoms with Gasteiger partial charge in [0.15, 0.2) is 0 Å². The highest BCUT2D eigenvalue weighted by Crippen LogP contribution is 2.27. The number of allylic oxidation sites excluding steroid dienone is 3.